The summed E-state index contributed by atoms with van der Waals surface area (Å²) in [4.78, 5) is 87.7. The summed E-state index contributed by atoms with van der Waals surface area (Å²) in [6, 6.07) is 56.1. The van der Waals surface area contributed by atoms with Gasteiger partial charge in [-0.3, -0.25) is 72.1 Å². The number of aromatic amines is 1. The number of rotatable bonds is 12. The predicted molar refractivity (Wildman–Crippen MR) is 528 cm³/mol. The van der Waals surface area contributed by atoms with E-state index in [0.717, 1.165) is 203 Å². The highest BCUT2D eigenvalue weighted by molar-refractivity contribution is 6.09. The van der Waals surface area contributed by atoms with Gasteiger partial charge in [-0.25, -0.2) is 18.7 Å². The Bertz CT molecular complexity index is 8560. The number of nitrogens with zero attached hydrogens (tertiary/aromatic N) is 16. The number of alkyl halides is 6. The van der Waals surface area contributed by atoms with Gasteiger partial charge in [-0.05, 0) is 270 Å². The normalized spacial score (nSPS) is 13.8. The van der Waals surface area contributed by atoms with Gasteiger partial charge >= 0.3 is 12.4 Å². The molecule has 0 spiro atoms. The quantitative estimate of drug-likeness (QED) is 0.0653. The van der Waals surface area contributed by atoms with Crippen LogP contribution in [0.5, 0.6) is 0 Å². The van der Waals surface area contributed by atoms with Crippen LogP contribution >= 0.6 is 0 Å². The van der Waals surface area contributed by atoms with E-state index in [1.807, 2.05) is 120 Å². The first-order chi connectivity index (χ1) is 67.0. The third kappa shape index (κ3) is 18.2. The van der Waals surface area contributed by atoms with Gasteiger partial charge in [0.05, 0.1) is 84.7 Å². The van der Waals surface area contributed by atoms with Crippen LogP contribution in [-0.2, 0) is 25.8 Å². The first-order valence-electron chi connectivity index (χ1n) is 44.9. The smallest absolute Gasteiger partial charge is 0.382 e. The van der Waals surface area contributed by atoms with Crippen molar-refractivity contribution in [2.24, 2.45) is 7.05 Å². The molecule has 24 nitrogen and oxygen atoms in total. The van der Waals surface area contributed by atoms with Gasteiger partial charge in [0, 0.05) is 194 Å². The minimum Gasteiger partial charge on any atom is -0.382 e. The van der Waals surface area contributed by atoms with E-state index in [9.17, 15) is 54.3 Å². The van der Waals surface area contributed by atoms with E-state index in [4.69, 9.17) is 5.73 Å². The largest absolute Gasteiger partial charge is 0.419 e. The van der Waals surface area contributed by atoms with E-state index in [0.29, 0.717) is 85.0 Å². The minimum absolute atomic E-state index is 0.0581. The molecule has 694 valence electrons. The number of nitrogens with one attached hydrogen (secondary N) is 3. The average Bonchev–Trinajstić information content (AvgIpc) is 1.43. The molecule has 2 aliphatic heterocycles. The van der Waals surface area contributed by atoms with Crippen LogP contribution in [-0.4, -0.2) is 135 Å². The Morgan fingerprint density at radius 1 is 0.381 bits per heavy atom. The van der Waals surface area contributed by atoms with Gasteiger partial charge in [0.25, 0.3) is 22.2 Å². The number of halogens is 8. The van der Waals surface area contributed by atoms with E-state index in [2.05, 4.69) is 141 Å². The lowest BCUT2D eigenvalue weighted by molar-refractivity contribution is -0.140. The fourth-order valence-electron chi connectivity index (χ4n) is 18.5. The number of hydrogen-bond acceptors (Lipinski definition) is 18. The van der Waals surface area contributed by atoms with Crippen LogP contribution in [0.15, 0.2) is 294 Å². The molecular formula is C107H86F8N20O4. The number of H-pyrrole nitrogens is 1. The number of pyridine rings is 9. The molecule has 2 saturated heterocycles. The molecule has 14 heterocycles. The van der Waals surface area contributed by atoms with Crippen LogP contribution in [0.3, 0.4) is 0 Å². The second-order valence-corrected chi connectivity index (χ2v) is 35.1. The Balaban J connectivity index is 0.000000114. The van der Waals surface area contributed by atoms with Crippen molar-refractivity contribution in [3.05, 3.63) is 361 Å². The zero-order valence-corrected chi connectivity index (χ0v) is 75.5. The van der Waals surface area contributed by atoms with Crippen LogP contribution in [0.4, 0.5) is 52.4 Å². The summed E-state index contributed by atoms with van der Waals surface area (Å²) in [7, 11) is 6.26. The molecule has 0 radical (unpaired) electrons. The van der Waals surface area contributed by atoms with Crippen LogP contribution in [0.2, 0.25) is 0 Å². The number of nitrogen functional groups attached to an aromatic ring is 1. The summed E-state index contributed by atoms with van der Waals surface area (Å²) in [5.41, 5.74) is 21.8. The molecule has 0 bridgehead atoms. The van der Waals surface area contributed by atoms with Gasteiger partial charge in [0.15, 0.2) is 0 Å². The lowest BCUT2D eigenvalue weighted by atomic mass is 10.0. The Morgan fingerprint density at radius 3 is 1.13 bits per heavy atom. The van der Waals surface area contributed by atoms with Crippen LogP contribution in [0, 0.1) is 25.5 Å². The zero-order chi connectivity index (χ0) is 96.4. The fourth-order valence-corrected chi connectivity index (χ4v) is 18.5. The Hall–Kier alpha value is -16.6. The molecule has 0 unspecified atom stereocenters. The number of hydrogen-bond donors (Lipinski definition) is 4. The average molecular weight is 1870 g/mol. The number of nitrogens with two attached hydrogens (primary N) is 1. The molecule has 0 saturated carbocycles. The van der Waals surface area contributed by atoms with Crippen molar-refractivity contribution in [1.29, 1.82) is 0 Å². The summed E-state index contributed by atoms with van der Waals surface area (Å²) in [6.45, 7) is 8.67. The van der Waals surface area contributed by atoms with Crippen molar-refractivity contribution >= 4 is 111 Å². The summed E-state index contributed by atoms with van der Waals surface area (Å²) in [6.07, 6.45) is 18.7. The highest BCUT2D eigenvalue weighted by atomic mass is 19.4. The summed E-state index contributed by atoms with van der Waals surface area (Å²) in [5.74, 6) is -2.71. The molecule has 2 fully saturated rings. The summed E-state index contributed by atoms with van der Waals surface area (Å²) in [5, 5.41) is 24.6. The van der Waals surface area contributed by atoms with Crippen molar-refractivity contribution in [3.8, 4) is 67.3 Å². The maximum Gasteiger partial charge on any atom is 0.419 e. The van der Waals surface area contributed by atoms with Crippen molar-refractivity contribution < 1.29 is 35.1 Å². The number of piperidine rings is 2. The summed E-state index contributed by atoms with van der Waals surface area (Å²) < 4.78 is 116. The number of fused-ring (bicyclic) bond motifs is 13. The van der Waals surface area contributed by atoms with Crippen molar-refractivity contribution in [2.75, 3.05) is 56.6 Å². The molecule has 1 aliphatic carbocycles. The number of anilines is 3. The molecular weight excluding hydrogens is 1780 g/mol. The van der Waals surface area contributed by atoms with E-state index in [1.165, 1.54) is 41.4 Å². The van der Waals surface area contributed by atoms with Gasteiger partial charge in [0.1, 0.15) is 11.6 Å². The minimum atomic E-state index is -4.92. The molecule has 0 atom stereocenters. The molecule has 32 heteroatoms. The van der Waals surface area contributed by atoms with E-state index in [1.54, 1.807) is 65.7 Å². The molecule has 5 N–H and O–H groups in total. The van der Waals surface area contributed by atoms with Gasteiger partial charge < -0.3 is 26.2 Å². The maximum atomic E-state index is 14.0. The van der Waals surface area contributed by atoms with E-state index < -0.39 is 46.2 Å². The van der Waals surface area contributed by atoms with Crippen LogP contribution in [0.1, 0.15) is 59.2 Å². The van der Waals surface area contributed by atoms with Crippen LogP contribution in [0.25, 0.3) is 161 Å². The van der Waals surface area contributed by atoms with Crippen molar-refractivity contribution in [1.82, 2.24) is 82.9 Å². The fraction of sp³-hybridized carbons (Fsp3) is 0.168. The third-order valence-corrected chi connectivity index (χ3v) is 25.8. The standard InChI is InChI=1S/C29H30N6O.C28H28N6O.C27H15F4N3O.C23H13F4N5O/c1-19-14-24(6-8-26(19)32-23-10-12-33(2)13-11-23)35-28(36)9-5-21-16-30-27-7-4-20(15-25(27)29(21)35)22-17-31-34(3)18-22;1-18-13-23(5-7-25(18)32-22-9-11-33(2)12-10-22)34-27(35)8-4-20-15-29-26-6-3-19(14-24(26)28(20)34)21-16-30-31-17-21;28-22-7-6-19(12-21(22)27(29,30)31)34-25(35)9-5-17-13-33-24-8-4-15(11-20(24)26(17)34)18-10-16-2-1-3-23(16)32-14-18;24-18-4-3-15(8-17(18)23(25,26)27)32-20(33)6-2-13-9-29-19-5-1-12(7-16(19)21(13)32)14-10-30-22(28)31-11-14/h4-9,14-18,23,32H,10-13H2,1-3H3;3-8,13-17,22,32H,9-12H2,1-2H3,(H,30,31);1-2,4-14H,3H2;1-11H,(H2,28,30,31). The van der Waals surface area contributed by atoms with E-state index in [-0.39, 0.29) is 28.4 Å². The monoisotopic (exact) mass is 1870 g/mol. The second-order valence-electron chi connectivity index (χ2n) is 35.1. The van der Waals surface area contributed by atoms with Gasteiger partial charge in [-0.15, -0.1) is 0 Å². The molecule has 20 aromatic rings. The molecule has 139 heavy (non-hydrogen) atoms. The van der Waals surface area contributed by atoms with E-state index >= 15 is 0 Å². The highest BCUT2D eigenvalue weighted by Crippen LogP contribution is 2.41. The predicted octanol–water partition coefficient (Wildman–Crippen LogP) is 20.6. The SMILES string of the molecule is Cc1cc(-n2c(=O)ccc3cnc4ccc(-c5cn[nH]c5)cc4c32)ccc1NC1CCN(C)CC1.Cc1cc(-n2c(=O)ccc3cnc4ccc(-c5cnn(C)c5)cc4c32)ccc1NC1CCN(C)CC1.Nc1ncc(-c2ccc3ncc4ccc(=O)n(-c5ccc(F)c(C(F)(F)F)c5)c4c3c2)cn1.O=c1ccc2cnc3ccc(-c4cnc5c(c4)C=CC5)cc3c2n1-c1ccc(F)c(C(F)(F)F)c1. The number of allylic oxidation sites excluding steroid dienone is 1. The number of aryl methyl sites for hydroxylation is 3. The highest BCUT2D eigenvalue weighted by Gasteiger charge is 2.37. The number of benzene rings is 8. The Kier molecular flexibility index (Phi) is 23.9. The topological polar surface area (TPSA) is 281 Å². The van der Waals surface area contributed by atoms with Gasteiger partial charge in [0.2, 0.25) is 5.95 Å². The second kappa shape index (κ2) is 36.9. The van der Waals surface area contributed by atoms with Gasteiger partial charge in [-0.2, -0.15) is 36.5 Å². The van der Waals surface area contributed by atoms with Crippen molar-refractivity contribution in [2.45, 2.75) is 70.4 Å². The number of likely N-dealkylation sites (tertiary alicyclic amines) is 2. The lowest BCUT2D eigenvalue weighted by Gasteiger charge is -2.30. The molecule has 3 aliphatic rings. The Labute approximate surface area is 786 Å². The molecule has 23 rings (SSSR count). The van der Waals surface area contributed by atoms with Gasteiger partial charge in [-0.1, -0.05) is 36.4 Å². The third-order valence-electron chi connectivity index (χ3n) is 25.8. The molecule has 12 aromatic heterocycles. The number of aromatic nitrogens is 15. The Morgan fingerprint density at radius 2 is 0.755 bits per heavy atom. The summed E-state index contributed by atoms with van der Waals surface area (Å²) >= 11 is 0. The van der Waals surface area contributed by atoms with Crippen LogP contribution < -0.4 is 38.6 Å². The maximum absolute atomic E-state index is 14.0. The first-order valence-corrected chi connectivity index (χ1v) is 44.9. The zero-order valence-electron chi connectivity index (χ0n) is 75.5. The molecule has 8 aromatic carbocycles. The lowest BCUT2D eigenvalue weighted by Crippen LogP contribution is -2.36. The molecule has 0 amide bonds. The van der Waals surface area contributed by atoms with Crippen molar-refractivity contribution in [3.63, 3.8) is 0 Å². The first kappa shape index (κ1) is 90.2.